The number of thioether (sulfide) groups is 1. The van der Waals surface area contributed by atoms with Gasteiger partial charge in [-0.15, -0.1) is 5.10 Å². The highest BCUT2D eigenvalue weighted by Gasteiger charge is 2.40. The molecule has 1 aliphatic heterocycles. The highest BCUT2D eigenvalue weighted by atomic mass is 79.9. The quantitative estimate of drug-likeness (QED) is 0.301. The highest BCUT2D eigenvalue weighted by molar-refractivity contribution is 9.10. The van der Waals surface area contributed by atoms with Crippen LogP contribution >= 0.6 is 39.3 Å². The Balaban J connectivity index is 1.53. The summed E-state index contributed by atoms with van der Waals surface area (Å²) in [6.07, 6.45) is 1.52. The van der Waals surface area contributed by atoms with Crippen molar-refractivity contribution < 1.29 is 14.7 Å². The van der Waals surface area contributed by atoms with Crippen LogP contribution in [0.4, 0.5) is 11.4 Å². The van der Waals surface area contributed by atoms with Crippen molar-refractivity contribution in [3.05, 3.63) is 87.9 Å². The van der Waals surface area contributed by atoms with Gasteiger partial charge in [0.15, 0.2) is 5.17 Å². The van der Waals surface area contributed by atoms with Crippen molar-refractivity contribution in [3.63, 3.8) is 0 Å². The molecule has 1 heterocycles. The lowest BCUT2D eigenvalue weighted by Gasteiger charge is -2.16. The molecule has 1 fully saturated rings. The van der Waals surface area contributed by atoms with Crippen molar-refractivity contribution in [1.29, 1.82) is 0 Å². The maximum atomic E-state index is 13.2. The first-order valence-corrected chi connectivity index (χ1v) is 12.2. The molecule has 1 unspecified atom stereocenters. The maximum Gasteiger partial charge on any atom is 0.247 e. The van der Waals surface area contributed by atoms with Crippen molar-refractivity contribution in [3.8, 4) is 5.75 Å². The van der Waals surface area contributed by atoms with Crippen molar-refractivity contribution >= 4 is 73.9 Å². The molecule has 1 atom stereocenters. The van der Waals surface area contributed by atoms with Gasteiger partial charge in [0.2, 0.25) is 11.8 Å². The average Bonchev–Trinajstić information content (AvgIpc) is 3.12. The third kappa shape index (κ3) is 6.05. The first-order valence-electron chi connectivity index (χ1n) is 10.1. The zero-order valence-corrected chi connectivity index (χ0v) is 20.7. The molecule has 0 saturated carbocycles. The molecule has 4 rings (SSSR count). The molecule has 2 N–H and O–H groups in total. The summed E-state index contributed by atoms with van der Waals surface area (Å²) in [4.78, 5) is 27.2. The number of phenols is 1. The second-order valence-corrected chi connectivity index (χ2v) is 9.76. The van der Waals surface area contributed by atoms with E-state index in [0.29, 0.717) is 21.6 Å². The van der Waals surface area contributed by atoms with Gasteiger partial charge in [-0.3, -0.25) is 14.5 Å². The monoisotopic (exact) mass is 556 g/mol. The zero-order chi connectivity index (χ0) is 24.1. The van der Waals surface area contributed by atoms with Gasteiger partial charge < -0.3 is 10.4 Å². The maximum absolute atomic E-state index is 13.2. The van der Waals surface area contributed by atoms with E-state index in [1.54, 1.807) is 54.7 Å². The third-order valence-electron chi connectivity index (χ3n) is 4.76. The van der Waals surface area contributed by atoms with Gasteiger partial charge in [-0.05, 0) is 66.2 Å². The second-order valence-electron chi connectivity index (χ2n) is 7.23. The second kappa shape index (κ2) is 10.9. The van der Waals surface area contributed by atoms with E-state index in [0.717, 1.165) is 10.0 Å². The van der Waals surface area contributed by atoms with Crippen LogP contribution in [0.2, 0.25) is 5.02 Å². The summed E-state index contributed by atoms with van der Waals surface area (Å²) in [6, 6.07) is 20.4. The Morgan fingerprint density at radius 3 is 2.44 bits per heavy atom. The van der Waals surface area contributed by atoms with Crippen molar-refractivity contribution in [2.45, 2.75) is 11.7 Å². The molecule has 10 heteroatoms. The van der Waals surface area contributed by atoms with Crippen LogP contribution in [0.3, 0.4) is 0 Å². The molecule has 1 saturated heterocycles. The number of amides is 2. The van der Waals surface area contributed by atoms with Crippen LogP contribution in [-0.2, 0) is 9.59 Å². The molecule has 1 aliphatic rings. The number of phenolic OH excluding ortho intramolecular Hbond substituents is 1. The van der Waals surface area contributed by atoms with Crippen molar-refractivity contribution in [2.24, 2.45) is 10.2 Å². The van der Waals surface area contributed by atoms with E-state index < -0.39 is 5.25 Å². The van der Waals surface area contributed by atoms with Gasteiger partial charge in [0.1, 0.15) is 11.0 Å². The first kappa shape index (κ1) is 24.0. The fraction of sp³-hybridized carbons (Fsp3) is 0.0833. The minimum atomic E-state index is -0.672. The highest BCUT2D eigenvalue weighted by Crippen LogP contribution is 2.34. The molecule has 172 valence electrons. The van der Waals surface area contributed by atoms with Gasteiger partial charge in [0.05, 0.1) is 11.9 Å². The Hall–Kier alpha value is -3.14. The van der Waals surface area contributed by atoms with Gasteiger partial charge in [-0.2, -0.15) is 5.10 Å². The molecule has 0 aliphatic carbocycles. The lowest BCUT2D eigenvalue weighted by Crippen LogP contribution is -2.33. The van der Waals surface area contributed by atoms with Gasteiger partial charge in [0, 0.05) is 21.6 Å². The lowest BCUT2D eigenvalue weighted by atomic mass is 10.2. The smallest absolute Gasteiger partial charge is 0.247 e. The normalized spacial score (nSPS) is 17.0. The molecule has 0 aromatic heterocycles. The first-order chi connectivity index (χ1) is 16.4. The molecule has 3 aromatic carbocycles. The van der Waals surface area contributed by atoms with Crippen molar-refractivity contribution in [1.82, 2.24) is 0 Å². The molecule has 0 spiro atoms. The van der Waals surface area contributed by atoms with Gasteiger partial charge in [0.25, 0.3) is 0 Å². The van der Waals surface area contributed by atoms with Crippen LogP contribution in [0.25, 0.3) is 0 Å². The Labute approximate surface area is 213 Å². The summed E-state index contributed by atoms with van der Waals surface area (Å²) in [6.45, 7) is 0. The number of rotatable bonds is 6. The largest absolute Gasteiger partial charge is 0.508 e. The minimum Gasteiger partial charge on any atom is -0.508 e. The van der Waals surface area contributed by atoms with Crippen LogP contribution in [0.15, 0.2) is 87.5 Å². The standard InChI is InChI=1S/C24H18BrClN4O3S/c25-16-3-7-18(8-4-16)28-22(32)13-21-23(33)30(19-9-11-20(31)12-10-19)24(34-21)29-27-14-15-1-5-17(26)6-2-15/h1-12,14,21,31H,13H2,(H,28,32)/b27-14+,29-24+. The fourth-order valence-corrected chi connectivity index (χ4v) is 4.59. The predicted molar refractivity (Wildman–Crippen MR) is 141 cm³/mol. The number of carbonyl (C=O) groups is 2. The molecular weight excluding hydrogens is 540 g/mol. The molecule has 7 nitrogen and oxygen atoms in total. The topological polar surface area (TPSA) is 94.4 Å². The summed E-state index contributed by atoms with van der Waals surface area (Å²) in [5.74, 6) is -0.500. The Bertz CT molecular complexity index is 1250. The summed E-state index contributed by atoms with van der Waals surface area (Å²) in [5, 5.41) is 21.1. The number of hydrogen-bond acceptors (Lipinski definition) is 6. The summed E-state index contributed by atoms with van der Waals surface area (Å²) in [5.41, 5.74) is 1.96. The summed E-state index contributed by atoms with van der Waals surface area (Å²) in [7, 11) is 0. The lowest BCUT2D eigenvalue weighted by molar-refractivity contribution is -0.121. The number of benzene rings is 3. The van der Waals surface area contributed by atoms with E-state index in [2.05, 4.69) is 31.4 Å². The van der Waals surface area contributed by atoms with Gasteiger partial charge in [-0.1, -0.05) is 51.4 Å². The molecular formula is C24H18BrClN4O3S. The van der Waals surface area contributed by atoms with E-state index in [1.807, 2.05) is 12.1 Å². The summed E-state index contributed by atoms with van der Waals surface area (Å²) >= 11 is 10.4. The Kier molecular flexibility index (Phi) is 7.66. The summed E-state index contributed by atoms with van der Waals surface area (Å²) < 4.78 is 0.900. The third-order valence-corrected chi connectivity index (χ3v) is 6.67. The van der Waals surface area contributed by atoms with Crippen LogP contribution in [0.1, 0.15) is 12.0 Å². The number of hydrogen-bond donors (Lipinski definition) is 2. The van der Waals surface area contributed by atoms with Crippen LogP contribution in [0, 0.1) is 0 Å². The fourth-order valence-electron chi connectivity index (χ4n) is 3.11. The van der Waals surface area contributed by atoms with E-state index in [-0.39, 0.29) is 24.0 Å². The van der Waals surface area contributed by atoms with E-state index in [1.165, 1.54) is 28.8 Å². The van der Waals surface area contributed by atoms with Crippen LogP contribution in [-0.4, -0.2) is 33.6 Å². The molecule has 3 aromatic rings. The van der Waals surface area contributed by atoms with Gasteiger partial charge in [-0.25, -0.2) is 0 Å². The van der Waals surface area contributed by atoms with Gasteiger partial charge >= 0.3 is 0 Å². The molecule has 2 amide bonds. The number of aromatic hydroxyl groups is 1. The SMILES string of the molecule is O=C(CC1S/C(=N/N=C/c2ccc(Cl)cc2)N(c2ccc(O)cc2)C1=O)Nc1ccc(Br)cc1. The minimum absolute atomic E-state index is 0.0337. The van der Waals surface area contributed by atoms with Crippen molar-refractivity contribution in [2.75, 3.05) is 10.2 Å². The van der Waals surface area contributed by atoms with Crippen LogP contribution in [0.5, 0.6) is 5.75 Å². The number of nitrogens with one attached hydrogen (secondary N) is 1. The Morgan fingerprint density at radius 1 is 1.09 bits per heavy atom. The van der Waals surface area contributed by atoms with E-state index in [4.69, 9.17) is 11.6 Å². The van der Waals surface area contributed by atoms with E-state index >= 15 is 0 Å². The number of amidine groups is 1. The Morgan fingerprint density at radius 2 is 1.76 bits per heavy atom. The number of carbonyl (C=O) groups excluding carboxylic acids is 2. The molecule has 0 bridgehead atoms. The molecule has 0 radical (unpaired) electrons. The predicted octanol–water partition coefficient (Wildman–Crippen LogP) is 5.68. The van der Waals surface area contributed by atoms with E-state index in [9.17, 15) is 14.7 Å². The molecule has 34 heavy (non-hydrogen) atoms. The zero-order valence-electron chi connectivity index (χ0n) is 17.6. The van der Waals surface area contributed by atoms with Crippen LogP contribution < -0.4 is 10.2 Å². The number of nitrogens with zero attached hydrogens (tertiary/aromatic N) is 3. The number of anilines is 2. The number of halogens is 2. The average molecular weight is 558 g/mol.